The van der Waals surface area contributed by atoms with Crippen LogP contribution in [0.5, 0.6) is 0 Å². The first-order valence-electron chi connectivity index (χ1n) is 10.7. The summed E-state index contributed by atoms with van der Waals surface area (Å²) in [5.41, 5.74) is 1.52. The smallest absolute Gasteiger partial charge is 0.254 e. The largest absolute Gasteiger partial charge is 0.379 e. The van der Waals surface area contributed by atoms with Crippen molar-refractivity contribution in [2.75, 3.05) is 39.4 Å². The average Bonchev–Trinajstić information content (AvgIpc) is 3.24. The first-order valence-corrected chi connectivity index (χ1v) is 11.1. The molecule has 0 saturated carbocycles. The van der Waals surface area contributed by atoms with E-state index < -0.39 is 0 Å². The van der Waals surface area contributed by atoms with Crippen LogP contribution in [0.2, 0.25) is 5.02 Å². The van der Waals surface area contributed by atoms with Crippen LogP contribution in [-0.4, -0.2) is 64.7 Å². The maximum Gasteiger partial charge on any atom is 0.254 e. The van der Waals surface area contributed by atoms with Crippen molar-refractivity contribution in [1.82, 2.24) is 19.4 Å². The van der Waals surface area contributed by atoms with Crippen LogP contribution in [0.1, 0.15) is 21.7 Å². The Kier molecular flexibility index (Phi) is 7.52. The molecule has 1 saturated heterocycles. The Labute approximate surface area is 192 Å². The van der Waals surface area contributed by atoms with Crippen molar-refractivity contribution in [3.8, 4) is 0 Å². The quantitative estimate of drug-likeness (QED) is 0.518. The molecule has 0 bridgehead atoms. The first kappa shape index (κ1) is 22.5. The molecule has 0 N–H and O–H groups in total. The molecule has 8 heteroatoms. The van der Waals surface area contributed by atoms with E-state index in [1.165, 1.54) is 24.3 Å². The molecular weight excluding hydrogens is 431 g/mol. The predicted molar refractivity (Wildman–Crippen MR) is 121 cm³/mol. The summed E-state index contributed by atoms with van der Waals surface area (Å²) in [6, 6.07) is 13.4. The number of aromatic nitrogens is 2. The molecule has 1 aliphatic heterocycles. The third kappa shape index (κ3) is 5.94. The van der Waals surface area contributed by atoms with Crippen LogP contribution < -0.4 is 0 Å². The Hall–Kier alpha value is -2.74. The van der Waals surface area contributed by atoms with Gasteiger partial charge in [-0.1, -0.05) is 23.7 Å². The van der Waals surface area contributed by atoms with Crippen LogP contribution in [0.15, 0.2) is 60.9 Å². The van der Waals surface area contributed by atoms with Gasteiger partial charge in [0.25, 0.3) is 5.91 Å². The number of benzene rings is 2. The summed E-state index contributed by atoms with van der Waals surface area (Å²) >= 11 is 6.13. The number of hydrogen-bond donors (Lipinski definition) is 0. The third-order valence-corrected chi connectivity index (χ3v) is 5.78. The fourth-order valence-electron chi connectivity index (χ4n) is 3.75. The number of carbonyl (C=O) groups is 1. The number of rotatable bonds is 8. The first-order chi connectivity index (χ1) is 15.6. The lowest BCUT2D eigenvalue weighted by atomic mass is 10.2. The van der Waals surface area contributed by atoms with Crippen molar-refractivity contribution in [3.63, 3.8) is 0 Å². The molecule has 4 rings (SSSR count). The maximum atomic E-state index is 13.4. The lowest BCUT2D eigenvalue weighted by molar-refractivity contribution is 0.0318. The second-order valence-corrected chi connectivity index (χ2v) is 8.23. The Bertz CT molecular complexity index is 1030. The zero-order chi connectivity index (χ0) is 22.3. The van der Waals surface area contributed by atoms with E-state index in [9.17, 15) is 9.18 Å². The van der Waals surface area contributed by atoms with Crippen LogP contribution in [0.25, 0.3) is 0 Å². The molecule has 6 nitrogen and oxygen atoms in total. The van der Waals surface area contributed by atoms with E-state index in [-0.39, 0.29) is 11.7 Å². The van der Waals surface area contributed by atoms with Crippen molar-refractivity contribution in [2.45, 2.75) is 13.1 Å². The highest BCUT2D eigenvalue weighted by atomic mass is 35.5. The molecule has 0 unspecified atom stereocenters. The van der Waals surface area contributed by atoms with Crippen LogP contribution in [0.3, 0.4) is 0 Å². The average molecular weight is 457 g/mol. The Balaban J connectivity index is 1.51. The van der Waals surface area contributed by atoms with Crippen LogP contribution in [0.4, 0.5) is 4.39 Å². The highest BCUT2D eigenvalue weighted by molar-refractivity contribution is 6.30. The highest BCUT2D eigenvalue weighted by Gasteiger charge is 2.20. The number of ether oxygens (including phenoxy) is 1. The lowest BCUT2D eigenvalue weighted by Crippen LogP contribution is -2.43. The summed E-state index contributed by atoms with van der Waals surface area (Å²) in [4.78, 5) is 21.8. The molecule has 0 radical (unpaired) electrons. The summed E-state index contributed by atoms with van der Waals surface area (Å²) in [5, 5.41) is 0.683. The van der Waals surface area contributed by atoms with Gasteiger partial charge in [-0.15, -0.1) is 0 Å². The maximum absolute atomic E-state index is 13.4. The van der Waals surface area contributed by atoms with Gasteiger partial charge in [0, 0.05) is 55.7 Å². The van der Waals surface area contributed by atoms with Gasteiger partial charge < -0.3 is 14.2 Å². The third-order valence-electron chi connectivity index (χ3n) is 5.54. The number of amides is 1. The number of imidazole rings is 1. The SMILES string of the molecule is O=C(c1ccc(F)cc1)N(CCN1CCOCC1)Cc1nccn1Cc1cccc(Cl)c1. The number of carbonyl (C=O) groups excluding carboxylic acids is 1. The molecule has 1 aromatic heterocycles. The molecular formula is C24H26ClFN4O2. The van der Waals surface area contributed by atoms with Crippen molar-refractivity contribution in [2.24, 2.45) is 0 Å². The Morgan fingerprint density at radius 3 is 2.69 bits per heavy atom. The van der Waals surface area contributed by atoms with Gasteiger partial charge in [-0.2, -0.15) is 0 Å². The minimum absolute atomic E-state index is 0.143. The zero-order valence-corrected chi connectivity index (χ0v) is 18.5. The molecule has 168 valence electrons. The molecule has 32 heavy (non-hydrogen) atoms. The standard InChI is InChI=1S/C24H26ClFN4O2/c25-21-3-1-2-19(16-21)17-29-9-8-27-23(29)18-30(11-10-28-12-14-32-15-13-28)24(31)20-4-6-22(26)7-5-20/h1-9,16H,10-15,17-18H2. The zero-order valence-electron chi connectivity index (χ0n) is 17.8. The van der Waals surface area contributed by atoms with Gasteiger partial charge in [0.05, 0.1) is 19.8 Å². The topological polar surface area (TPSA) is 50.6 Å². The minimum Gasteiger partial charge on any atom is -0.379 e. The minimum atomic E-state index is -0.363. The van der Waals surface area contributed by atoms with E-state index in [1.54, 1.807) is 11.1 Å². The second kappa shape index (κ2) is 10.7. The normalized spacial score (nSPS) is 14.4. The molecule has 0 atom stereocenters. The van der Waals surface area contributed by atoms with Gasteiger partial charge in [0.2, 0.25) is 0 Å². The molecule has 1 fully saturated rings. The summed E-state index contributed by atoms with van der Waals surface area (Å²) in [6.07, 6.45) is 3.64. The summed E-state index contributed by atoms with van der Waals surface area (Å²) in [7, 11) is 0. The number of morpholine rings is 1. The summed E-state index contributed by atoms with van der Waals surface area (Å²) in [6.45, 7) is 5.35. The van der Waals surface area contributed by atoms with Gasteiger partial charge >= 0.3 is 0 Å². The molecule has 2 heterocycles. The van der Waals surface area contributed by atoms with E-state index in [0.29, 0.717) is 43.4 Å². The summed E-state index contributed by atoms with van der Waals surface area (Å²) in [5.74, 6) is 0.275. The fourth-order valence-corrected chi connectivity index (χ4v) is 3.97. The van der Waals surface area contributed by atoms with E-state index in [1.807, 2.05) is 35.0 Å². The molecule has 0 aliphatic carbocycles. The molecule has 0 spiro atoms. The van der Waals surface area contributed by atoms with E-state index in [4.69, 9.17) is 16.3 Å². The molecule has 1 amide bonds. The molecule has 2 aromatic carbocycles. The second-order valence-electron chi connectivity index (χ2n) is 7.79. The van der Waals surface area contributed by atoms with Gasteiger partial charge in [0.15, 0.2) is 0 Å². The van der Waals surface area contributed by atoms with Gasteiger partial charge in [-0.05, 0) is 42.0 Å². The Morgan fingerprint density at radius 1 is 1.16 bits per heavy atom. The van der Waals surface area contributed by atoms with Crippen molar-refractivity contribution in [3.05, 3.63) is 88.7 Å². The predicted octanol–water partition coefficient (Wildman–Crippen LogP) is 3.70. The van der Waals surface area contributed by atoms with Gasteiger partial charge in [-0.25, -0.2) is 9.37 Å². The fraction of sp³-hybridized carbons (Fsp3) is 0.333. The van der Waals surface area contributed by atoms with Crippen LogP contribution >= 0.6 is 11.6 Å². The van der Waals surface area contributed by atoms with E-state index in [2.05, 4.69) is 9.88 Å². The number of nitrogens with zero attached hydrogens (tertiary/aromatic N) is 4. The molecule has 1 aliphatic rings. The van der Waals surface area contributed by atoms with Gasteiger partial charge in [-0.3, -0.25) is 9.69 Å². The molecule has 3 aromatic rings. The lowest BCUT2D eigenvalue weighted by Gasteiger charge is -2.30. The number of hydrogen-bond acceptors (Lipinski definition) is 4. The van der Waals surface area contributed by atoms with Crippen molar-refractivity contribution < 1.29 is 13.9 Å². The van der Waals surface area contributed by atoms with Gasteiger partial charge in [0.1, 0.15) is 11.6 Å². The van der Waals surface area contributed by atoms with Crippen molar-refractivity contribution >= 4 is 17.5 Å². The van der Waals surface area contributed by atoms with Crippen molar-refractivity contribution in [1.29, 1.82) is 0 Å². The summed E-state index contributed by atoms with van der Waals surface area (Å²) < 4.78 is 20.8. The van der Waals surface area contributed by atoms with E-state index in [0.717, 1.165) is 31.0 Å². The number of halogens is 2. The van der Waals surface area contributed by atoms with Crippen LogP contribution in [-0.2, 0) is 17.8 Å². The monoisotopic (exact) mass is 456 g/mol. The van der Waals surface area contributed by atoms with E-state index >= 15 is 0 Å². The van der Waals surface area contributed by atoms with Crippen LogP contribution in [0, 0.1) is 5.82 Å². The Morgan fingerprint density at radius 2 is 1.94 bits per heavy atom. The highest BCUT2D eigenvalue weighted by Crippen LogP contribution is 2.15.